The molecule has 8 atom stereocenters. The zero-order valence-electron chi connectivity index (χ0n) is 18.6. The highest BCUT2D eigenvalue weighted by Gasteiger charge is 2.59. The molecular weight excluding hydrogens is 364 g/mol. The zero-order chi connectivity index (χ0) is 20.8. The van der Waals surface area contributed by atoms with Crippen LogP contribution in [0.4, 0.5) is 0 Å². The molecule has 0 aromatic heterocycles. The monoisotopic (exact) mass is 404 g/mol. The van der Waals surface area contributed by atoms with Crippen LogP contribution >= 0.6 is 0 Å². The number of Topliss-reactive ketones (excluding diaryl/α,β-unsaturated/α-hetero) is 1. The molecule has 3 unspecified atom stereocenters. The Bertz CT molecular complexity index is 645. The average Bonchev–Trinajstić information content (AvgIpc) is 3.03. The van der Waals surface area contributed by atoms with Gasteiger partial charge in [0, 0.05) is 25.7 Å². The topological polar surface area (TPSA) is 63.6 Å². The average molecular weight is 405 g/mol. The van der Waals surface area contributed by atoms with E-state index in [0.29, 0.717) is 41.3 Å². The van der Waals surface area contributed by atoms with Gasteiger partial charge in [0.25, 0.3) is 0 Å². The normalized spacial score (nSPS) is 45.1. The van der Waals surface area contributed by atoms with E-state index in [4.69, 9.17) is 4.74 Å². The van der Waals surface area contributed by atoms with E-state index in [-0.39, 0.29) is 5.97 Å². The third kappa shape index (κ3) is 3.68. The number of aliphatic hydroxyl groups is 1. The molecule has 0 aliphatic heterocycles. The number of ether oxygens (including phenoxy) is 1. The van der Waals surface area contributed by atoms with Crippen LogP contribution in [0.3, 0.4) is 0 Å². The number of aliphatic hydroxyl groups excluding tert-OH is 1. The molecule has 4 nitrogen and oxygen atoms in total. The fourth-order valence-electron chi connectivity index (χ4n) is 8.27. The van der Waals surface area contributed by atoms with Crippen molar-refractivity contribution in [2.45, 2.75) is 104 Å². The first kappa shape index (κ1) is 21.3. The first-order valence-electron chi connectivity index (χ1n) is 12.2. The molecule has 4 aliphatic rings. The lowest BCUT2D eigenvalue weighted by Gasteiger charge is -2.60. The molecule has 4 aliphatic carbocycles. The number of rotatable bonds is 5. The summed E-state index contributed by atoms with van der Waals surface area (Å²) in [6.07, 6.45) is 11.3. The second-order valence-electron chi connectivity index (χ2n) is 11.1. The molecule has 4 rings (SSSR count). The Balaban J connectivity index is 1.42. The smallest absolute Gasteiger partial charge is 0.307 e. The maximum absolute atomic E-state index is 12.1. The van der Waals surface area contributed by atoms with Crippen LogP contribution in [-0.4, -0.2) is 23.1 Å². The molecule has 0 heterocycles. The van der Waals surface area contributed by atoms with Gasteiger partial charge >= 0.3 is 5.97 Å². The summed E-state index contributed by atoms with van der Waals surface area (Å²) >= 11 is 0. The highest BCUT2D eigenvalue weighted by atomic mass is 16.6. The predicted octanol–water partition coefficient (Wildman–Crippen LogP) is 5.27. The Morgan fingerprint density at radius 1 is 1.10 bits per heavy atom. The minimum Gasteiger partial charge on any atom is -0.436 e. The van der Waals surface area contributed by atoms with Crippen molar-refractivity contribution in [3.8, 4) is 0 Å². The third-order valence-electron chi connectivity index (χ3n) is 10.00. The maximum atomic E-state index is 12.1. The highest BCUT2D eigenvalue weighted by Crippen LogP contribution is 2.67. The highest BCUT2D eigenvalue weighted by molar-refractivity contribution is 5.79. The van der Waals surface area contributed by atoms with E-state index in [1.807, 2.05) is 0 Å². The maximum Gasteiger partial charge on any atom is 0.307 e. The minimum atomic E-state index is -0.949. The Labute approximate surface area is 176 Å². The lowest BCUT2D eigenvalue weighted by Crippen LogP contribution is -2.53. The summed E-state index contributed by atoms with van der Waals surface area (Å²) in [5.41, 5.74) is 0.740. The van der Waals surface area contributed by atoms with Gasteiger partial charge in [0.05, 0.1) is 0 Å². The summed E-state index contributed by atoms with van der Waals surface area (Å²) in [5, 5.41) is 10.1. The Morgan fingerprint density at radius 2 is 1.86 bits per heavy atom. The zero-order valence-corrected chi connectivity index (χ0v) is 18.6. The summed E-state index contributed by atoms with van der Waals surface area (Å²) in [4.78, 5) is 23.5. The van der Waals surface area contributed by atoms with Crippen LogP contribution in [0.1, 0.15) is 97.8 Å². The molecule has 0 bridgehead atoms. The van der Waals surface area contributed by atoms with Crippen LogP contribution in [0.5, 0.6) is 0 Å². The largest absolute Gasteiger partial charge is 0.436 e. The predicted molar refractivity (Wildman–Crippen MR) is 112 cm³/mol. The van der Waals surface area contributed by atoms with Crippen LogP contribution in [0.15, 0.2) is 0 Å². The first-order valence-corrected chi connectivity index (χ1v) is 12.2. The van der Waals surface area contributed by atoms with Crippen LogP contribution in [0, 0.1) is 40.4 Å². The molecule has 0 amide bonds. The van der Waals surface area contributed by atoms with Gasteiger partial charge in [0.1, 0.15) is 5.78 Å². The number of carbonyl (C=O) groups excluding carboxylic acids is 2. The molecule has 4 heteroatoms. The molecular formula is C25H40O4. The van der Waals surface area contributed by atoms with Crippen LogP contribution in [-0.2, 0) is 14.3 Å². The third-order valence-corrected chi connectivity index (χ3v) is 10.00. The van der Waals surface area contributed by atoms with Crippen molar-refractivity contribution < 1.29 is 19.4 Å². The van der Waals surface area contributed by atoms with E-state index in [2.05, 4.69) is 13.8 Å². The second kappa shape index (κ2) is 7.98. The van der Waals surface area contributed by atoms with Crippen LogP contribution in [0.2, 0.25) is 0 Å². The molecule has 0 aromatic carbocycles. The Kier molecular flexibility index (Phi) is 5.87. The van der Waals surface area contributed by atoms with Crippen molar-refractivity contribution in [3.63, 3.8) is 0 Å². The van der Waals surface area contributed by atoms with Crippen molar-refractivity contribution in [1.29, 1.82) is 0 Å². The number of ketones is 1. The molecule has 164 valence electrons. The molecule has 0 saturated heterocycles. The van der Waals surface area contributed by atoms with Gasteiger partial charge in [-0.05, 0) is 91.8 Å². The quantitative estimate of drug-likeness (QED) is 0.501. The molecule has 4 saturated carbocycles. The van der Waals surface area contributed by atoms with Crippen LogP contribution in [0.25, 0.3) is 0 Å². The summed E-state index contributed by atoms with van der Waals surface area (Å²) < 4.78 is 5.08. The van der Waals surface area contributed by atoms with E-state index in [9.17, 15) is 14.7 Å². The van der Waals surface area contributed by atoms with E-state index in [1.165, 1.54) is 38.5 Å². The van der Waals surface area contributed by atoms with Gasteiger partial charge in [0.15, 0.2) is 0 Å². The standard InChI is InChI=1S/C25H40O4/c1-4-22(27)29-23(28)10-7-16-6-9-20-19-8-5-17-15-18(26)11-13-25(17,3)21(19)12-14-24(16,20)2/h16-17,19-21,23,28H,4-15H2,1-3H3/t16?,17?,19-,20-,21+,23?,24+,25-/m0/s1. The molecule has 29 heavy (non-hydrogen) atoms. The Morgan fingerprint density at radius 3 is 2.62 bits per heavy atom. The fraction of sp³-hybridized carbons (Fsp3) is 0.920. The first-order chi connectivity index (χ1) is 13.8. The number of fused-ring (bicyclic) bond motifs is 5. The van der Waals surface area contributed by atoms with Crippen molar-refractivity contribution in [3.05, 3.63) is 0 Å². The van der Waals surface area contributed by atoms with Crippen molar-refractivity contribution in [2.75, 3.05) is 0 Å². The van der Waals surface area contributed by atoms with Crippen molar-refractivity contribution in [2.24, 2.45) is 40.4 Å². The number of carbonyl (C=O) groups is 2. The number of hydrogen-bond acceptors (Lipinski definition) is 4. The van der Waals surface area contributed by atoms with E-state index < -0.39 is 6.29 Å². The van der Waals surface area contributed by atoms with Crippen molar-refractivity contribution >= 4 is 11.8 Å². The van der Waals surface area contributed by atoms with E-state index in [1.54, 1.807) is 6.92 Å². The van der Waals surface area contributed by atoms with Crippen LogP contribution < -0.4 is 0 Å². The lowest BCUT2D eigenvalue weighted by molar-refractivity contribution is -0.169. The fourth-order valence-corrected chi connectivity index (χ4v) is 8.27. The molecule has 4 fully saturated rings. The second-order valence-corrected chi connectivity index (χ2v) is 11.1. The number of hydrogen-bond donors (Lipinski definition) is 1. The Hall–Kier alpha value is -0.900. The summed E-state index contributed by atoms with van der Waals surface area (Å²) in [7, 11) is 0. The van der Waals surface area contributed by atoms with Crippen molar-refractivity contribution in [1.82, 2.24) is 0 Å². The summed E-state index contributed by atoms with van der Waals surface area (Å²) in [6.45, 7) is 6.77. The van der Waals surface area contributed by atoms with Gasteiger partial charge < -0.3 is 9.84 Å². The SMILES string of the molecule is CCC(=O)OC(O)CCC1CC[C@H]2[C@@H]3CCC4CC(=O)CC[C@]4(C)[C@@H]3CC[C@]12C. The van der Waals surface area contributed by atoms with Gasteiger partial charge in [-0.2, -0.15) is 0 Å². The number of esters is 1. The molecule has 0 radical (unpaired) electrons. The van der Waals surface area contributed by atoms with E-state index in [0.717, 1.165) is 43.4 Å². The van der Waals surface area contributed by atoms with Gasteiger partial charge in [0.2, 0.25) is 6.29 Å². The van der Waals surface area contributed by atoms with Gasteiger partial charge in [-0.3, -0.25) is 9.59 Å². The summed E-state index contributed by atoms with van der Waals surface area (Å²) in [5.74, 6) is 3.83. The van der Waals surface area contributed by atoms with Gasteiger partial charge in [-0.25, -0.2) is 0 Å². The van der Waals surface area contributed by atoms with E-state index >= 15 is 0 Å². The van der Waals surface area contributed by atoms with Gasteiger partial charge in [-0.15, -0.1) is 0 Å². The molecule has 0 spiro atoms. The summed E-state index contributed by atoms with van der Waals surface area (Å²) in [6, 6.07) is 0. The van der Waals surface area contributed by atoms with Gasteiger partial charge in [-0.1, -0.05) is 20.8 Å². The minimum absolute atomic E-state index is 0.314. The molecule has 0 aromatic rings. The lowest BCUT2D eigenvalue weighted by atomic mass is 9.44. The molecule has 1 N–H and O–H groups in total.